The molecule has 7 rings (SSSR count). The number of carbonyl (C=O) groups excluding carboxylic acids is 1. The Morgan fingerprint density at radius 1 is 0.723 bits per heavy atom. The second-order valence-corrected chi connectivity index (χ2v) is 32.7. The molecule has 0 aromatic heterocycles. The smallest absolute Gasteiger partial charge is 0.191 e. The highest BCUT2D eigenvalue weighted by Crippen LogP contribution is 2.66. The minimum absolute atomic E-state index is 0.0978. The van der Waals surface area contributed by atoms with Gasteiger partial charge in [0.1, 0.15) is 4.58 Å². The van der Waals surface area contributed by atoms with Gasteiger partial charge in [-0.1, -0.05) is 99.6 Å². The zero-order chi connectivity index (χ0) is 35.0. The van der Waals surface area contributed by atoms with Crippen LogP contribution in [0.1, 0.15) is 105 Å². The third kappa shape index (κ3) is 7.34. The molecule has 6 fully saturated rings. The van der Waals surface area contributed by atoms with E-state index >= 15 is 0 Å². The number of thioether (sulfide) groups is 2. The maximum atomic E-state index is 14.6. The monoisotopic (exact) mass is 716 g/mol. The SMILES string of the molecule is CC1(C)[C@H]2C[C@H](SC(S[C@H]3C[C@H]4C[C@@H]([C@@H]3CO[Si](C)(C)C(C)(C)C)C4(C)C)C(=O)c3ccccc3)[C@@H](CO[Si](C)(C)C(C)(C)C)[C@@H]1C2. The van der Waals surface area contributed by atoms with Gasteiger partial charge < -0.3 is 8.85 Å². The van der Waals surface area contributed by atoms with Crippen molar-refractivity contribution in [3.05, 3.63) is 35.9 Å². The third-order valence-corrected chi connectivity index (χ3v) is 27.2. The average Bonchev–Trinajstić information content (AvgIpc) is 2.97. The minimum atomic E-state index is -1.88. The van der Waals surface area contributed by atoms with E-state index in [1.165, 1.54) is 25.7 Å². The van der Waals surface area contributed by atoms with Crippen LogP contribution in [0.2, 0.25) is 36.3 Å². The molecule has 4 bridgehead atoms. The van der Waals surface area contributed by atoms with Crippen LogP contribution in [-0.4, -0.2) is 50.7 Å². The molecule has 1 aromatic carbocycles. The molecule has 0 amide bonds. The number of rotatable bonds is 12. The summed E-state index contributed by atoms with van der Waals surface area (Å²) >= 11 is 4.05. The highest BCUT2D eigenvalue weighted by atomic mass is 32.2. The van der Waals surface area contributed by atoms with E-state index in [0.717, 1.165) is 30.6 Å². The summed E-state index contributed by atoms with van der Waals surface area (Å²) in [6.07, 6.45) is 5.07. The predicted molar refractivity (Wildman–Crippen MR) is 211 cm³/mol. The van der Waals surface area contributed by atoms with E-state index < -0.39 is 16.6 Å². The van der Waals surface area contributed by atoms with E-state index in [1.807, 2.05) is 53.9 Å². The Hall–Kier alpha value is -0.0562. The van der Waals surface area contributed by atoms with Crippen molar-refractivity contribution in [1.82, 2.24) is 0 Å². The molecular formula is C40H68O3S2Si2. The molecule has 3 nitrogen and oxygen atoms in total. The Balaban J connectivity index is 1.41. The molecule has 7 heteroatoms. The van der Waals surface area contributed by atoms with Gasteiger partial charge in [0.2, 0.25) is 0 Å². The zero-order valence-electron chi connectivity index (χ0n) is 32.4. The Morgan fingerprint density at radius 2 is 1.11 bits per heavy atom. The van der Waals surface area contributed by atoms with Crippen molar-refractivity contribution in [2.45, 2.75) is 146 Å². The molecule has 0 radical (unpaired) electrons. The van der Waals surface area contributed by atoms with Crippen LogP contribution in [0.4, 0.5) is 0 Å². The van der Waals surface area contributed by atoms with Crippen LogP contribution in [0.3, 0.4) is 0 Å². The number of ketones is 1. The number of hydrogen-bond acceptors (Lipinski definition) is 5. The van der Waals surface area contributed by atoms with Gasteiger partial charge >= 0.3 is 0 Å². The van der Waals surface area contributed by atoms with Crippen molar-refractivity contribution >= 4 is 45.9 Å². The van der Waals surface area contributed by atoms with Crippen LogP contribution >= 0.6 is 23.5 Å². The maximum absolute atomic E-state index is 14.6. The summed E-state index contributed by atoms with van der Waals surface area (Å²) in [5, 5.41) is 1.30. The van der Waals surface area contributed by atoms with Crippen molar-refractivity contribution in [2.24, 2.45) is 46.3 Å². The number of hydrogen-bond donors (Lipinski definition) is 0. The van der Waals surface area contributed by atoms with Crippen LogP contribution < -0.4 is 0 Å². The summed E-state index contributed by atoms with van der Waals surface area (Å²) in [6.45, 7) is 35.3. The lowest BCUT2D eigenvalue weighted by molar-refractivity contribution is -0.111. The van der Waals surface area contributed by atoms with E-state index in [2.05, 4.69) is 95.4 Å². The number of fused-ring (bicyclic) bond motifs is 4. The highest BCUT2D eigenvalue weighted by Gasteiger charge is 2.60. The van der Waals surface area contributed by atoms with Crippen LogP contribution in [0.5, 0.6) is 0 Å². The fraction of sp³-hybridized carbons (Fsp3) is 0.825. The number of benzene rings is 1. The van der Waals surface area contributed by atoms with E-state index in [9.17, 15) is 4.79 Å². The van der Waals surface area contributed by atoms with Gasteiger partial charge in [-0.3, -0.25) is 4.79 Å². The predicted octanol–water partition coefficient (Wildman–Crippen LogP) is 11.8. The van der Waals surface area contributed by atoms with Gasteiger partial charge in [0.05, 0.1) is 0 Å². The molecule has 6 aliphatic carbocycles. The average molecular weight is 717 g/mol. The maximum Gasteiger partial charge on any atom is 0.191 e. The summed E-state index contributed by atoms with van der Waals surface area (Å²) < 4.78 is 13.9. The summed E-state index contributed by atoms with van der Waals surface area (Å²) in [5.74, 6) is 4.16. The first-order chi connectivity index (χ1) is 21.5. The van der Waals surface area contributed by atoms with E-state index in [0.29, 0.717) is 50.8 Å². The minimum Gasteiger partial charge on any atom is -0.416 e. The Morgan fingerprint density at radius 3 is 1.45 bits per heavy atom. The van der Waals surface area contributed by atoms with Gasteiger partial charge in [0.15, 0.2) is 22.4 Å². The fourth-order valence-corrected chi connectivity index (χ4v) is 14.8. The first-order valence-electron chi connectivity index (χ1n) is 18.7. The van der Waals surface area contributed by atoms with Crippen molar-refractivity contribution in [3.63, 3.8) is 0 Å². The van der Waals surface area contributed by atoms with Crippen LogP contribution in [-0.2, 0) is 8.85 Å². The molecule has 47 heavy (non-hydrogen) atoms. The van der Waals surface area contributed by atoms with Gasteiger partial charge in [-0.25, -0.2) is 0 Å². The zero-order valence-corrected chi connectivity index (χ0v) is 36.0. The van der Waals surface area contributed by atoms with E-state index in [1.54, 1.807) is 0 Å². The molecular weight excluding hydrogens is 649 g/mol. The second-order valence-electron chi connectivity index (χ2n) is 20.1. The molecule has 0 unspecified atom stereocenters. The van der Waals surface area contributed by atoms with Crippen LogP contribution in [0.15, 0.2) is 30.3 Å². The van der Waals surface area contributed by atoms with Gasteiger partial charge in [-0.15, -0.1) is 23.5 Å². The van der Waals surface area contributed by atoms with Crippen LogP contribution in [0, 0.1) is 46.3 Å². The molecule has 0 saturated heterocycles. The lowest BCUT2D eigenvalue weighted by atomic mass is 9.45. The highest BCUT2D eigenvalue weighted by molar-refractivity contribution is 8.18. The largest absolute Gasteiger partial charge is 0.416 e. The van der Waals surface area contributed by atoms with E-state index in [4.69, 9.17) is 8.85 Å². The molecule has 266 valence electrons. The molecule has 0 spiro atoms. The van der Waals surface area contributed by atoms with Crippen molar-refractivity contribution in [1.29, 1.82) is 0 Å². The first kappa shape index (κ1) is 38.2. The summed E-state index contributed by atoms with van der Waals surface area (Å²) in [5.41, 5.74) is 1.60. The molecule has 0 heterocycles. The summed E-state index contributed by atoms with van der Waals surface area (Å²) in [4.78, 5) is 14.6. The number of carbonyl (C=O) groups is 1. The molecule has 6 saturated carbocycles. The summed E-state index contributed by atoms with van der Waals surface area (Å²) in [7, 11) is -3.77. The number of Topliss-reactive ketones (excluding diaryl/α,β-unsaturated/α-hetero) is 1. The summed E-state index contributed by atoms with van der Waals surface area (Å²) in [6, 6.07) is 10.2. The van der Waals surface area contributed by atoms with Gasteiger partial charge in [-0.2, -0.15) is 0 Å². The molecule has 0 aliphatic heterocycles. The van der Waals surface area contributed by atoms with E-state index in [-0.39, 0.29) is 14.7 Å². The second kappa shape index (κ2) is 13.2. The van der Waals surface area contributed by atoms with Crippen molar-refractivity contribution < 1.29 is 13.6 Å². The van der Waals surface area contributed by atoms with Gasteiger partial charge in [0, 0.05) is 29.3 Å². The van der Waals surface area contributed by atoms with Gasteiger partial charge in [0.25, 0.3) is 0 Å². The Bertz CT molecular complexity index is 1190. The molecule has 6 aliphatic rings. The first-order valence-corrected chi connectivity index (χ1v) is 26.4. The molecule has 1 aromatic rings. The lowest BCUT2D eigenvalue weighted by Gasteiger charge is -2.63. The third-order valence-electron chi connectivity index (χ3n) is 14.9. The normalized spacial score (nSPS) is 33.3. The lowest BCUT2D eigenvalue weighted by Crippen LogP contribution is -2.59. The standard InChI is InChI=1S/C40H68O3S2Si2/c1-37(2,3)46(11,12)42-24-29-31-20-27(39(31,7)8)22-33(29)44-36(35(41)26-18-16-15-17-19-26)45-34-23-28-21-32(40(28,9)10)30(34)25-43-47(13,14)38(4,5)6/h15-19,27-34,36H,20-25H2,1-14H3/t27-,28-,29+,30+,31+,32+,33+,34+/m1/s1. The fourth-order valence-electron chi connectivity index (χ4n) is 8.81. The Kier molecular flexibility index (Phi) is 10.7. The molecule has 8 atom stereocenters. The van der Waals surface area contributed by atoms with Crippen molar-refractivity contribution in [2.75, 3.05) is 13.2 Å². The van der Waals surface area contributed by atoms with Crippen LogP contribution in [0.25, 0.3) is 0 Å². The van der Waals surface area contributed by atoms with Gasteiger partial charge in [-0.05, 0) is 108 Å². The quantitative estimate of drug-likeness (QED) is 0.122. The van der Waals surface area contributed by atoms with Crippen molar-refractivity contribution in [3.8, 4) is 0 Å². The molecule has 0 N–H and O–H groups in total. The Labute approximate surface area is 299 Å². The topological polar surface area (TPSA) is 35.5 Å².